The van der Waals surface area contributed by atoms with Crippen LogP contribution in [0.4, 0.5) is 0 Å². The van der Waals surface area contributed by atoms with E-state index in [4.69, 9.17) is 5.26 Å². The molecule has 2 aromatic rings. The zero-order chi connectivity index (χ0) is 14.7. The van der Waals surface area contributed by atoms with Crippen molar-refractivity contribution < 1.29 is 4.79 Å². The molecule has 1 saturated heterocycles. The van der Waals surface area contributed by atoms with Crippen LogP contribution in [0.15, 0.2) is 31.0 Å². The van der Waals surface area contributed by atoms with Crippen molar-refractivity contribution in [3.8, 4) is 6.07 Å². The van der Waals surface area contributed by atoms with Crippen molar-refractivity contribution in [2.45, 2.75) is 19.4 Å². The topological polar surface area (TPSA) is 77.7 Å². The summed E-state index contributed by atoms with van der Waals surface area (Å²) in [6.07, 6.45) is 9.15. The molecule has 6 heteroatoms. The van der Waals surface area contributed by atoms with Gasteiger partial charge in [-0.3, -0.25) is 4.79 Å². The average Bonchev–Trinajstić information content (AvgIpc) is 3.18. The summed E-state index contributed by atoms with van der Waals surface area (Å²) in [5.74, 6) is 0.569. The highest BCUT2D eigenvalue weighted by atomic mass is 16.2. The van der Waals surface area contributed by atoms with E-state index in [2.05, 4.69) is 14.5 Å². The lowest BCUT2D eigenvalue weighted by atomic mass is 9.96. The summed E-state index contributed by atoms with van der Waals surface area (Å²) < 4.78 is 2.09. The quantitative estimate of drug-likeness (QED) is 0.930. The van der Waals surface area contributed by atoms with Gasteiger partial charge in [-0.25, -0.2) is 4.98 Å². The Morgan fingerprint density at radius 2 is 2.29 bits per heavy atom. The lowest BCUT2D eigenvalue weighted by molar-refractivity contribution is 0.0677. The Hall–Kier alpha value is -2.55. The summed E-state index contributed by atoms with van der Waals surface area (Å²) in [4.78, 5) is 21.1. The normalized spacial score (nSPS) is 15.9. The van der Waals surface area contributed by atoms with E-state index in [1.807, 2.05) is 23.5 Å². The molecule has 1 aliphatic rings. The van der Waals surface area contributed by atoms with Crippen molar-refractivity contribution in [1.29, 1.82) is 5.26 Å². The van der Waals surface area contributed by atoms with Crippen LogP contribution >= 0.6 is 0 Å². The van der Waals surface area contributed by atoms with Gasteiger partial charge in [-0.2, -0.15) is 5.26 Å². The van der Waals surface area contributed by atoms with Gasteiger partial charge in [0.05, 0.1) is 11.9 Å². The third-order valence-electron chi connectivity index (χ3n) is 3.97. The third kappa shape index (κ3) is 2.97. The van der Waals surface area contributed by atoms with Crippen LogP contribution in [0.2, 0.25) is 0 Å². The van der Waals surface area contributed by atoms with Crippen LogP contribution in [0.5, 0.6) is 0 Å². The number of rotatable bonds is 3. The summed E-state index contributed by atoms with van der Waals surface area (Å²) in [5.41, 5.74) is 0.993. The Morgan fingerprint density at radius 1 is 1.48 bits per heavy atom. The first-order chi connectivity index (χ1) is 10.3. The van der Waals surface area contributed by atoms with Gasteiger partial charge >= 0.3 is 0 Å². The lowest BCUT2D eigenvalue weighted by Gasteiger charge is -2.31. The van der Waals surface area contributed by atoms with Gasteiger partial charge in [-0.15, -0.1) is 0 Å². The fourth-order valence-electron chi connectivity index (χ4n) is 2.76. The number of imidazole rings is 1. The number of piperidine rings is 1. The number of hydrogen-bond acceptors (Lipinski definition) is 3. The first kappa shape index (κ1) is 13.4. The summed E-state index contributed by atoms with van der Waals surface area (Å²) in [7, 11) is 0. The molecular weight excluding hydrogens is 266 g/mol. The van der Waals surface area contributed by atoms with Gasteiger partial charge in [-0.05, 0) is 24.8 Å². The van der Waals surface area contributed by atoms with Gasteiger partial charge in [0, 0.05) is 38.2 Å². The smallest absolute Gasteiger partial charge is 0.270 e. The highest BCUT2D eigenvalue weighted by Gasteiger charge is 2.24. The molecule has 0 spiro atoms. The Kier molecular flexibility index (Phi) is 3.73. The number of H-pyrrole nitrogens is 1. The Balaban J connectivity index is 1.55. The Bertz CT molecular complexity index is 644. The van der Waals surface area contributed by atoms with Crippen molar-refractivity contribution in [1.82, 2.24) is 19.4 Å². The predicted molar refractivity (Wildman–Crippen MR) is 76.4 cm³/mol. The summed E-state index contributed by atoms with van der Waals surface area (Å²) in [6.45, 7) is 2.49. The van der Waals surface area contributed by atoms with Gasteiger partial charge < -0.3 is 14.5 Å². The molecule has 108 valence electrons. The van der Waals surface area contributed by atoms with Crippen molar-refractivity contribution in [2.24, 2.45) is 5.92 Å². The van der Waals surface area contributed by atoms with E-state index in [-0.39, 0.29) is 5.91 Å². The monoisotopic (exact) mass is 283 g/mol. The second-order valence-electron chi connectivity index (χ2n) is 5.41. The van der Waals surface area contributed by atoms with Crippen LogP contribution in [-0.2, 0) is 6.54 Å². The number of nitrogens with zero attached hydrogens (tertiary/aromatic N) is 4. The van der Waals surface area contributed by atoms with Crippen LogP contribution in [0.1, 0.15) is 28.9 Å². The molecule has 1 amide bonds. The number of nitriles is 1. The number of aromatic nitrogens is 3. The Labute approximate surface area is 123 Å². The number of likely N-dealkylation sites (tertiary alicyclic amines) is 1. The van der Waals surface area contributed by atoms with E-state index in [0.717, 1.165) is 32.5 Å². The fraction of sp³-hybridized carbons (Fsp3) is 0.400. The molecule has 2 aromatic heterocycles. The van der Waals surface area contributed by atoms with E-state index in [0.29, 0.717) is 17.2 Å². The summed E-state index contributed by atoms with van der Waals surface area (Å²) >= 11 is 0. The Morgan fingerprint density at radius 3 is 2.90 bits per heavy atom. The number of aromatic amines is 1. The summed E-state index contributed by atoms with van der Waals surface area (Å²) in [6, 6.07) is 3.64. The van der Waals surface area contributed by atoms with Crippen molar-refractivity contribution in [3.05, 3.63) is 42.2 Å². The van der Waals surface area contributed by atoms with Crippen molar-refractivity contribution in [3.63, 3.8) is 0 Å². The molecule has 1 fully saturated rings. The van der Waals surface area contributed by atoms with E-state index in [1.165, 1.54) is 0 Å². The fourth-order valence-corrected chi connectivity index (χ4v) is 2.76. The average molecular weight is 283 g/mol. The van der Waals surface area contributed by atoms with Gasteiger partial charge in [-0.1, -0.05) is 0 Å². The van der Waals surface area contributed by atoms with Gasteiger partial charge in [0.1, 0.15) is 11.8 Å². The molecule has 0 radical (unpaired) electrons. The van der Waals surface area contributed by atoms with E-state index >= 15 is 0 Å². The van der Waals surface area contributed by atoms with Gasteiger partial charge in [0.2, 0.25) is 0 Å². The van der Waals surface area contributed by atoms with E-state index < -0.39 is 0 Å². The molecule has 1 N–H and O–H groups in total. The zero-order valence-electron chi connectivity index (χ0n) is 11.7. The van der Waals surface area contributed by atoms with Gasteiger partial charge in [0.15, 0.2) is 0 Å². The molecular formula is C15H17N5O. The number of nitrogens with one attached hydrogen (secondary N) is 1. The molecule has 0 aliphatic carbocycles. The maximum atomic E-state index is 12.3. The number of carbonyl (C=O) groups excluding carboxylic acids is 1. The van der Waals surface area contributed by atoms with Crippen LogP contribution in [0.3, 0.4) is 0 Å². The van der Waals surface area contributed by atoms with E-state index in [9.17, 15) is 4.79 Å². The van der Waals surface area contributed by atoms with Crippen LogP contribution in [0, 0.1) is 17.2 Å². The molecule has 3 rings (SSSR count). The maximum Gasteiger partial charge on any atom is 0.270 e. The number of hydrogen-bond donors (Lipinski definition) is 1. The molecule has 6 nitrogen and oxygen atoms in total. The minimum Gasteiger partial charge on any atom is -0.356 e. The molecule has 0 unspecified atom stereocenters. The standard InChI is InChI=1S/C15H17N5O/c16-8-13-7-14(18-9-13)15(21)20-4-1-12(2-5-20)10-19-6-3-17-11-19/h3,6-7,9,11-12,18H,1-2,4-5,10H2. The second-order valence-corrected chi connectivity index (χ2v) is 5.41. The first-order valence-electron chi connectivity index (χ1n) is 7.10. The molecule has 0 aromatic carbocycles. The largest absolute Gasteiger partial charge is 0.356 e. The number of amides is 1. The highest BCUT2D eigenvalue weighted by molar-refractivity contribution is 5.92. The SMILES string of the molecule is N#Cc1c[nH]c(C(=O)N2CCC(Cn3ccnc3)CC2)c1. The third-order valence-corrected chi connectivity index (χ3v) is 3.97. The molecule has 0 saturated carbocycles. The highest BCUT2D eigenvalue weighted by Crippen LogP contribution is 2.20. The molecule has 21 heavy (non-hydrogen) atoms. The van der Waals surface area contributed by atoms with Crippen LogP contribution < -0.4 is 0 Å². The van der Waals surface area contributed by atoms with Crippen LogP contribution in [0.25, 0.3) is 0 Å². The maximum absolute atomic E-state index is 12.3. The molecule has 3 heterocycles. The minimum absolute atomic E-state index is 0.0161. The molecule has 1 aliphatic heterocycles. The van der Waals surface area contributed by atoms with Crippen molar-refractivity contribution >= 4 is 5.91 Å². The summed E-state index contributed by atoms with van der Waals surface area (Å²) in [5, 5.41) is 8.80. The zero-order valence-corrected chi connectivity index (χ0v) is 11.7. The van der Waals surface area contributed by atoms with Crippen LogP contribution in [-0.4, -0.2) is 38.4 Å². The van der Waals surface area contributed by atoms with E-state index in [1.54, 1.807) is 18.5 Å². The minimum atomic E-state index is -0.0161. The predicted octanol–water partition coefficient (Wildman–Crippen LogP) is 1.64. The first-order valence-corrected chi connectivity index (χ1v) is 7.10. The lowest BCUT2D eigenvalue weighted by Crippen LogP contribution is -2.39. The van der Waals surface area contributed by atoms with Crippen molar-refractivity contribution in [2.75, 3.05) is 13.1 Å². The molecule has 0 atom stereocenters. The molecule has 0 bridgehead atoms. The number of carbonyl (C=O) groups is 1. The van der Waals surface area contributed by atoms with Gasteiger partial charge in [0.25, 0.3) is 5.91 Å². The second kappa shape index (κ2) is 5.83.